The summed E-state index contributed by atoms with van der Waals surface area (Å²) in [5.41, 5.74) is 0. The summed E-state index contributed by atoms with van der Waals surface area (Å²) in [4.78, 5) is 10.7. The number of nitrogens with zero attached hydrogens (tertiary/aromatic N) is 1. The zero-order valence-electron chi connectivity index (χ0n) is 5.04. The Morgan fingerprint density at radius 3 is 3.44 bits per heavy atom. The Hall–Kier alpha value is -0.860. The van der Waals surface area contributed by atoms with Crippen LogP contribution >= 0.6 is 0 Å². The van der Waals surface area contributed by atoms with Crippen molar-refractivity contribution in [3.63, 3.8) is 0 Å². The molecule has 0 aromatic heterocycles. The second-order valence-electron chi connectivity index (χ2n) is 2.40. The SMILES string of the molecule is O=C1OC[C@@H]2CCC=[N+]12. The van der Waals surface area contributed by atoms with Crippen molar-refractivity contribution < 1.29 is 14.1 Å². The topological polar surface area (TPSA) is 29.3 Å². The molecule has 48 valence electrons. The highest BCUT2D eigenvalue weighted by atomic mass is 16.6. The van der Waals surface area contributed by atoms with Gasteiger partial charge in [-0.3, -0.25) is 0 Å². The Morgan fingerprint density at radius 2 is 2.67 bits per heavy atom. The van der Waals surface area contributed by atoms with E-state index in [-0.39, 0.29) is 6.09 Å². The van der Waals surface area contributed by atoms with Gasteiger partial charge in [0.05, 0.1) is 0 Å². The van der Waals surface area contributed by atoms with E-state index in [4.69, 9.17) is 4.74 Å². The largest absolute Gasteiger partial charge is 0.596 e. The van der Waals surface area contributed by atoms with E-state index < -0.39 is 0 Å². The lowest BCUT2D eigenvalue weighted by Gasteiger charge is -1.87. The Labute approximate surface area is 52.9 Å². The zero-order valence-corrected chi connectivity index (χ0v) is 5.04. The molecule has 3 nitrogen and oxygen atoms in total. The van der Waals surface area contributed by atoms with Crippen LogP contribution in [0.3, 0.4) is 0 Å². The molecule has 0 bridgehead atoms. The monoisotopic (exact) mass is 126 g/mol. The van der Waals surface area contributed by atoms with Crippen LogP contribution < -0.4 is 0 Å². The third-order valence-corrected chi connectivity index (χ3v) is 1.83. The summed E-state index contributed by atoms with van der Waals surface area (Å²) in [7, 11) is 0. The summed E-state index contributed by atoms with van der Waals surface area (Å²) in [5.74, 6) is 0. The van der Waals surface area contributed by atoms with E-state index in [1.54, 1.807) is 4.58 Å². The molecule has 0 aromatic carbocycles. The van der Waals surface area contributed by atoms with Crippen LogP contribution in [-0.2, 0) is 4.74 Å². The van der Waals surface area contributed by atoms with Gasteiger partial charge in [0.15, 0.2) is 18.9 Å². The van der Waals surface area contributed by atoms with Gasteiger partial charge in [-0.15, -0.1) is 4.58 Å². The summed E-state index contributed by atoms with van der Waals surface area (Å²) in [5, 5.41) is 0. The molecule has 0 saturated carbocycles. The smallest absolute Gasteiger partial charge is 0.405 e. The first kappa shape index (κ1) is 4.97. The maximum absolute atomic E-state index is 10.7. The fourth-order valence-electron chi connectivity index (χ4n) is 1.32. The first-order valence-corrected chi connectivity index (χ1v) is 3.16. The third kappa shape index (κ3) is 0.573. The van der Waals surface area contributed by atoms with Crippen LogP contribution in [0.5, 0.6) is 0 Å². The van der Waals surface area contributed by atoms with Gasteiger partial charge in [-0.2, -0.15) is 4.79 Å². The van der Waals surface area contributed by atoms with Gasteiger partial charge in [-0.1, -0.05) is 0 Å². The van der Waals surface area contributed by atoms with Gasteiger partial charge in [-0.25, -0.2) is 0 Å². The lowest BCUT2D eigenvalue weighted by molar-refractivity contribution is -0.441. The molecular weight excluding hydrogens is 118 g/mol. The first-order valence-electron chi connectivity index (χ1n) is 3.16. The van der Waals surface area contributed by atoms with Gasteiger partial charge >= 0.3 is 6.09 Å². The summed E-state index contributed by atoms with van der Waals surface area (Å²) >= 11 is 0. The molecule has 2 aliphatic rings. The Bertz CT molecular complexity index is 185. The maximum Gasteiger partial charge on any atom is 0.596 e. The minimum Gasteiger partial charge on any atom is -0.405 e. The molecule has 2 aliphatic heterocycles. The molecule has 0 N–H and O–H groups in total. The van der Waals surface area contributed by atoms with Crippen LogP contribution in [0, 0.1) is 0 Å². The summed E-state index contributed by atoms with van der Waals surface area (Å²) in [6.07, 6.45) is 3.85. The van der Waals surface area contributed by atoms with Crippen molar-refractivity contribution in [2.45, 2.75) is 18.9 Å². The fourth-order valence-corrected chi connectivity index (χ4v) is 1.32. The van der Waals surface area contributed by atoms with Gasteiger partial charge in [0, 0.05) is 12.8 Å². The summed E-state index contributed by atoms with van der Waals surface area (Å²) in [6.45, 7) is 0.593. The standard InChI is InChI=1S/C6H8NO2/c8-6-7-3-1-2-5(7)4-9-6/h3,5H,1-2,4H2/q+1/t5-/m0/s1. The van der Waals surface area contributed by atoms with Crippen molar-refractivity contribution in [1.29, 1.82) is 0 Å². The molecule has 0 aliphatic carbocycles. The quantitative estimate of drug-likeness (QED) is 0.439. The Kier molecular flexibility index (Phi) is 0.860. The van der Waals surface area contributed by atoms with Crippen LogP contribution in [0.1, 0.15) is 12.8 Å². The van der Waals surface area contributed by atoms with Gasteiger partial charge in [0.25, 0.3) is 0 Å². The first-order chi connectivity index (χ1) is 4.38. The highest BCUT2D eigenvalue weighted by Gasteiger charge is 2.41. The number of cyclic esters (lactones) is 1. The third-order valence-electron chi connectivity index (χ3n) is 1.83. The second kappa shape index (κ2) is 1.56. The van der Waals surface area contributed by atoms with Crippen molar-refractivity contribution in [2.24, 2.45) is 0 Å². The normalized spacial score (nSPS) is 31.8. The number of hydrogen-bond donors (Lipinski definition) is 0. The lowest BCUT2D eigenvalue weighted by Crippen LogP contribution is -2.17. The van der Waals surface area contributed by atoms with Crippen LogP contribution in [0.25, 0.3) is 0 Å². The van der Waals surface area contributed by atoms with Gasteiger partial charge in [-0.05, 0) is 0 Å². The molecule has 0 radical (unpaired) electrons. The predicted molar refractivity (Wildman–Crippen MR) is 30.7 cm³/mol. The van der Waals surface area contributed by atoms with E-state index in [9.17, 15) is 4.79 Å². The molecule has 3 heteroatoms. The Morgan fingerprint density at radius 1 is 1.78 bits per heavy atom. The van der Waals surface area contributed by atoms with E-state index in [1.165, 1.54) is 0 Å². The fraction of sp³-hybridized carbons (Fsp3) is 0.667. The van der Waals surface area contributed by atoms with E-state index in [0.29, 0.717) is 12.6 Å². The van der Waals surface area contributed by atoms with E-state index in [2.05, 4.69) is 0 Å². The molecule has 1 amide bonds. The second-order valence-corrected chi connectivity index (χ2v) is 2.40. The Balaban J connectivity index is 2.32. The van der Waals surface area contributed by atoms with Gasteiger partial charge < -0.3 is 4.74 Å². The van der Waals surface area contributed by atoms with Crippen LogP contribution in [-0.4, -0.2) is 29.5 Å². The number of amides is 1. The molecule has 2 heterocycles. The number of rotatable bonds is 0. The van der Waals surface area contributed by atoms with Crippen molar-refractivity contribution in [2.75, 3.05) is 6.61 Å². The number of fused-ring (bicyclic) bond motifs is 1. The summed E-state index contributed by atoms with van der Waals surface area (Å²) < 4.78 is 6.47. The van der Waals surface area contributed by atoms with Crippen molar-refractivity contribution in [1.82, 2.24) is 0 Å². The average Bonchev–Trinajstić information content (AvgIpc) is 2.35. The molecule has 9 heavy (non-hydrogen) atoms. The van der Waals surface area contributed by atoms with Gasteiger partial charge in [0.1, 0.15) is 0 Å². The van der Waals surface area contributed by atoms with Crippen molar-refractivity contribution in [3.05, 3.63) is 0 Å². The zero-order chi connectivity index (χ0) is 6.27. The number of hydrogen-bond acceptors (Lipinski definition) is 2. The average molecular weight is 126 g/mol. The maximum atomic E-state index is 10.7. The predicted octanol–water partition coefficient (Wildman–Crippen LogP) is 0.382. The van der Waals surface area contributed by atoms with Gasteiger partial charge in [0.2, 0.25) is 0 Å². The van der Waals surface area contributed by atoms with E-state index in [1.807, 2.05) is 6.21 Å². The van der Waals surface area contributed by atoms with Crippen LogP contribution in [0.2, 0.25) is 0 Å². The molecule has 0 unspecified atom stereocenters. The number of carbonyl (C=O) groups is 1. The van der Waals surface area contributed by atoms with Crippen molar-refractivity contribution >= 4 is 12.3 Å². The number of carbonyl (C=O) groups excluding carboxylic acids is 1. The van der Waals surface area contributed by atoms with Crippen LogP contribution in [0.15, 0.2) is 0 Å². The molecule has 1 atom stereocenters. The minimum atomic E-state index is -0.169. The van der Waals surface area contributed by atoms with Crippen LogP contribution in [0.4, 0.5) is 4.79 Å². The van der Waals surface area contributed by atoms with Crippen molar-refractivity contribution in [3.8, 4) is 0 Å². The highest BCUT2D eigenvalue weighted by Crippen LogP contribution is 2.15. The molecule has 1 fully saturated rings. The molecule has 1 saturated heterocycles. The lowest BCUT2D eigenvalue weighted by atomic mass is 10.2. The molecule has 0 aromatic rings. The van der Waals surface area contributed by atoms with E-state index >= 15 is 0 Å². The minimum absolute atomic E-state index is 0.169. The molecular formula is C6H8NO2+. The van der Waals surface area contributed by atoms with E-state index in [0.717, 1.165) is 12.8 Å². The summed E-state index contributed by atoms with van der Waals surface area (Å²) in [6, 6.07) is 0.359. The number of ether oxygens (including phenoxy) is 1. The molecule has 2 rings (SSSR count). The molecule has 0 spiro atoms. The highest BCUT2D eigenvalue weighted by molar-refractivity contribution is 5.69.